The average molecular weight is 315 g/mol. The molecule has 4 nitrogen and oxygen atoms in total. The molecule has 2 rings (SSSR count). The third kappa shape index (κ3) is 4.62. The van der Waals surface area contributed by atoms with Crippen molar-refractivity contribution < 1.29 is 18.0 Å². The van der Waals surface area contributed by atoms with Gasteiger partial charge in [0.1, 0.15) is 6.54 Å². The number of amides is 1. The highest BCUT2D eigenvalue weighted by atomic mass is 19.4. The maximum Gasteiger partial charge on any atom is 0.405 e. The van der Waals surface area contributed by atoms with Gasteiger partial charge in [0.2, 0.25) is 5.91 Å². The van der Waals surface area contributed by atoms with Crippen LogP contribution < -0.4 is 10.2 Å². The van der Waals surface area contributed by atoms with E-state index >= 15 is 0 Å². The summed E-state index contributed by atoms with van der Waals surface area (Å²) in [6.45, 7) is 3.16. The van der Waals surface area contributed by atoms with Crippen molar-refractivity contribution in [3.05, 3.63) is 30.3 Å². The van der Waals surface area contributed by atoms with E-state index in [0.717, 1.165) is 18.8 Å². The summed E-state index contributed by atoms with van der Waals surface area (Å²) in [7, 11) is 0. The molecule has 7 heteroatoms. The Morgan fingerprint density at radius 2 is 1.77 bits per heavy atom. The molecule has 1 fully saturated rings. The fourth-order valence-electron chi connectivity index (χ4n) is 2.51. The second-order valence-electron chi connectivity index (χ2n) is 5.37. The zero-order valence-corrected chi connectivity index (χ0v) is 12.4. The van der Waals surface area contributed by atoms with Crippen molar-refractivity contribution in [2.75, 3.05) is 37.6 Å². The van der Waals surface area contributed by atoms with Gasteiger partial charge in [-0.25, -0.2) is 0 Å². The molecule has 0 aromatic heterocycles. The molecular weight excluding hydrogens is 295 g/mol. The van der Waals surface area contributed by atoms with E-state index in [1.807, 2.05) is 40.5 Å². The molecule has 1 unspecified atom stereocenters. The first kappa shape index (κ1) is 16.6. The van der Waals surface area contributed by atoms with Crippen molar-refractivity contribution in [3.8, 4) is 0 Å². The van der Waals surface area contributed by atoms with Gasteiger partial charge in [0.05, 0.1) is 6.04 Å². The minimum absolute atomic E-state index is 0.555. The number of carbonyl (C=O) groups is 1. The van der Waals surface area contributed by atoms with Crippen molar-refractivity contribution >= 4 is 11.6 Å². The molecule has 22 heavy (non-hydrogen) atoms. The molecule has 0 spiro atoms. The normalized spacial score (nSPS) is 18.1. The molecule has 1 aliphatic rings. The largest absolute Gasteiger partial charge is 0.405 e. The second kappa shape index (κ2) is 7.00. The van der Waals surface area contributed by atoms with E-state index in [-0.39, 0.29) is 0 Å². The van der Waals surface area contributed by atoms with E-state index in [1.165, 1.54) is 0 Å². The molecule has 0 radical (unpaired) electrons. The molecule has 1 atom stereocenters. The lowest BCUT2D eigenvalue weighted by Gasteiger charge is -2.38. The van der Waals surface area contributed by atoms with E-state index in [9.17, 15) is 18.0 Å². The number of hydrogen-bond acceptors (Lipinski definition) is 3. The SMILES string of the molecule is CC(C(=O)NCC(F)(F)F)N1CCN(c2ccccc2)CC1. The van der Waals surface area contributed by atoms with Crippen molar-refractivity contribution in [3.63, 3.8) is 0 Å². The van der Waals surface area contributed by atoms with Gasteiger partial charge in [-0.1, -0.05) is 18.2 Å². The summed E-state index contributed by atoms with van der Waals surface area (Å²) in [5.41, 5.74) is 1.12. The van der Waals surface area contributed by atoms with Crippen LogP contribution in [0.25, 0.3) is 0 Å². The van der Waals surface area contributed by atoms with Gasteiger partial charge in [0.15, 0.2) is 0 Å². The van der Waals surface area contributed by atoms with Gasteiger partial charge >= 0.3 is 6.18 Å². The Kier molecular flexibility index (Phi) is 5.28. The highest BCUT2D eigenvalue weighted by Crippen LogP contribution is 2.17. The Hall–Kier alpha value is -1.76. The van der Waals surface area contributed by atoms with Crippen LogP contribution in [0.1, 0.15) is 6.92 Å². The van der Waals surface area contributed by atoms with Crippen molar-refractivity contribution in [2.24, 2.45) is 0 Å². The first-order valence-corrected chi connectivity index (χ1v) is 7.25. The van der Waals surface area contributed by atoms with E-state index < -0.39 is 24.7 Å². The molecule has 1 amide bonds. The Morgan fingerprint density at radius 1 is 1.18 bits per heavy atom. The zero-order chi connectivity index (χ0) is 16.2. The number of hydrogen-bond donors (Lipinski definition) is 1. The predicted molar refractivity (Wildman–Crippen MR) is 78.8 cm³/mol. The number of nitrogens with one attached hydrogen (secondary N) is 1. The molecule has 1 saturated heterocycles. The van der Waals surface area contributed by atoms with Gasteiger partial charge in [0, 0.05) is 31.9 Å². The number of benzene rings is 1. The van der Waals surface area contributed by atoms with Gasteiger partial charge in [-0.05, 0) is 19.1 Å². The lowest BCUT2D eigenvalue weighted by Crippen LogP contribution is -2.54. The molecule has 1 heterocycles. The van der Waals surface area contributed by atoms with E-state index in [2.05, 4.69) is 4.90 Å². The van der Waals surface area contributed by atoms with Crippen LogP contribution in [0.5, 0.6) is 0 Å². The Morgan fingerprint density at radius 3 is 2.32 bits per heavy atom. The van der Waals surface area contributed by atoms with E-state index in [1.54, 1.807) is 6.92 Å². The van der Waals surface area contributed by atoms with E-state index in [4.69, 9.17) is 0 Å². The summed E-state index contributed by atoms with van der Waals surface area (Å²) in [5.74, 6) is -0.578. The first-order chi connectivity index (χ1) is 10.4. The monoisotopic (exact) mass is 315 g/mol. The number of para-hydroxylation sites is 1. The summed E-state index contributed by atoms with van der Waals surface area (Å²) in [5, 5.41) is 1.94. The van der Waals surface area contributed by atoms with Crippen LogP contribution in [0, 0.1) is 0 Å². The maximum absolute atomic E-state index is 12.1. The van der Waals surface area contributed by atoms with Crippen LogP contribution >= 0.6 is 0 Å². The Bertz CT molecular complexity index is 485. The lowest BCUT2D eigenvalue weighted by atomic mass is 10.2. The van der Waals surface area contributed by atoms with Crippen LogP contribution in [-0.4, -0.2) is 55.7 Å². The highest BCUT2D eigenvalue weighted by molar-refractivity contribution is 5.81. The van der Waals surface area contributed by atoms with E-state index in [0.29, 0.717) is 13.1 Å². The van der Waals surface area contributed by atoms with Gasteiger partial charge < -0.3 is 10.2 Å². The number of piperazine rings is 1. The number of nitrogens with zero attached hydrogens (tertiary/aromatic N) is 2. The summed E-state index contributed by atoms with van der Waals surface area (Å²) in [6, 6.07) is 9.38. The second-order valence-corrected chi connectivity index (χ2v) is 5.37. The van der Waals surface area contributed by atoms with Crippen molar-refractivity contribution in [1.82, 2.24) is 10.2 Å². The smallest absolute Gasteiger partial charge is 0.369 e. The van der Waals surface area contributed by atoms with Crippen molar-refractivity contribution in [1.29, 1.82) is 0 Å². The molecule has 122 valence electrons. The first-order valence-electron chi connectivity index (χ1n) is 7.25. The fourth-order valence-corrected chi connectivity index (χ4v) is 2.51. The fraction of sp³-hybridized carbons (Fsp3) is 0.533. The molecule has 0 aliphatic carbocycles. The average Bonchev–Trinajstić information content (AvgIpc) is 2.52. The third-order valence-corrected chi connectivity index (χ3v) is 3.83. The standard InChI is InChI=1S/C15H20F3N3O/c1-12(14(22)19-11-15(16,17)18)20-7-9-21(10-8-20)13-5-3-2-4-6-13/h2-6,12H,7-11H2,1H3,(H,19,22). The quantitative estimate of drug-likeness (QED) is 0.921. The van der Waals surface area contributed by atoms with Gasteiger partial charge in [0.25, 0.3) is 0 Å². The summed E-state index contributed by atoms with van der Waals surface area (Å²) in [6.07, 6.45) is -4.37. The molecule has 0 bridgehead atoms. The Labute approximate surface area is 127 Å². The third-order valence-electron chi connectivity index (χ3n) is 3.83. The topological polar surface area (TPSA) is 35.6 Å². The molecule has 1 aromatic carbocycles. The minimum Gasteiger partial charge on any atom is -0.369 e. The Balaban J connectivity index is 1.82. The van der Waals surface area contributed by atoms with Crippen LogP contribution in [0.4, 0.5) is 18.9 Å². The summed E-state index contributed by atoms with van der Waals surface area (Å²) in [4.78, 5) is 15.9. The van der Waals surface area contributed by atoms with Crippen LogP contribution in [-0.2, 0) is 4.79 Å². The van der Waals surface area contributed by atoms with Gasteiger partial charge in [-0.2, -0.15) is 13.2 Å². The zero-order valence-electron chi connectivity index (χ0n) is 12.4. The number of carbonyl (C=O) groups excluding carboxylic acids is 1. The molecule has 1 N–H and O–H groups in total. The number of rotatable bonds is 4. The summed E-state index contributed by atoms with van der Waals surface area (Å²) >= 11 is 0. The highest BCUT2D eigenvalue weighted by Gasteiger charge is 2.31. The number of anilines is 1. The van der Waals surface area contributed by atoms with Crippen LogP contribution in [0.15, 0.2) is 30.3 Å². The molecule has 1 aliphatic heterocycles. The number of alkyl halides is 3. The van der Waals surface area contributed by atoms with Crippen molar-refractivity contribution in [2.45, 2.75) is 19.1 Å². The molecular formula is C15H20F3N3O. The minimum atomic E-state index is -4.37. The van der Waals surface area contributed by atoms with Gasteiger partial charge in [-0.3, -0.25) is 9.69 Å². The summed E-state index contributed by atoms with van der Waals surface area (Å²) < 4.78 is 36.4. The molecule has 0 saturated carbocycles. The van der Waals surface area contributed by atoms with Crippen LogP contribution in [0.2, 0.25) is 0 Å². The lowest BCUT2D eigenvalue weighted by molar-refractivity contribution is -0.141. The van der Waals surface area contributed by atoms with Gasteiger partial charge in [-0.15, -0.1) is 0 Å². The maximum atomic E-state index is 12.1. The molecule has 1 aromatic rings. The number of halogens is 3. The van der Waals surface area contributed by atoms with Crippen LogP contribution in [0.3, 0.4) is 0 Å². The predicted octanol–water partition coefficient (Wildman–Crippen LogP) is 1.88.